The molecule has 0 saturated carbocycles. The predicted octanol–water partition coefficient (Wildman–Crippen LogP) is 14.8. The average molecular weight is 689 g/mol. The van der Waals surface area contributed by atoms with Gasteiger partial charge in [0, 0.05) is 21.5 Å². The summed E-state index contributed by atoms with van der Waals surface area (Å²) in [6.45, 7) is 0. The van der Waals surface area contributed by atoms with Gasteiger partial charge in [-0.3, -0.25) is 0 Å². The molecule has 0 unspecified atom stereocenters. The van der Waals surface area contributed by atoms with Crippen LogP contribution in [0.2, 0.25) is 0 Å². The van der Waals surface area contributed by atoms with E-state index in [4.69, 9.17) is 8.83 Å². The van der Waals surface area contributed by atoms with E-state index in [0.29, 0.717) is 0 Å². The third-order valence-electron chi connectivity index (χ3n) is 11.7. The number of hydrogen-bond donors (Lipinski definition) is 0. The largest absolute Gasteiger partial charge is 0.452 e. The van der Waals surface area contributed by atoms with Crippen LogP contribution in [0.4, 0.5) is 0 Å². The number of allylic oxidation sites excluding steroid dienone is 1. The Morgan fingerprint density at radius 2 is 0.852 bits per heavy atom. The van der Waals surface area contributed by atoms with Crippen LogP contribution in [0.15, 0.2) is 173 Å². The summed E-state index contributed by atoms with van der Waals surface area (Å²) in [5, 5.41) is 11.8. The van der Waals surface area contributed by atoms with Gasteiger partial charge in [-0.15, -0.1) is 0 Å². The molecule has 2 nitrogen and oxygen atoms in total. The molecule has 54 heavy (non-hydrogen) atoms. The second-order valence-electron chi connectivity index (χ2n) is 14.7. The summed E-state index contributed by atoms with van der Waals surface area (Å²) < 4.78 is 13.3. The summed E-state index contributed by atoms with van der Waals surface area (Å²) in [5.74, 6) is 0. The molecular weight excluding hydrogens is 657 g/mol. The van der Waals surface area contributed by atoms with Crippen LogP contribution in [0.5, 0.6) is 0 Å². The fraction of sp³-hybridized carbons (Fsp3) is 0.0385. The highest BCUT2D eigenvalue weighted by molar-refractivity contribution is 6.34. The van der Waals surface area contributed by atoms with Crippen molar-refractivity contribution in [2.75, 3.05) is 0 Å². The van der Waals surface area contributed by atoms with Gasteiger partial charge in [0.1, 0.15) is 11.2 Å². The Bertz CT molecular complexity index is 3320. The Labute approximate surface area is 311 Å². The smallest absolute Gasteiger partial charge is 0.179 e. The maximum Gasteiger partial charge on any atom is 0.179 e. The van der Waals surface area contributed by atoms with E-state index in [1.165, 1.54) is 76.8 Å². The molecule has 252 valence electrons. The van der Waals surface area contributed by atoms with Crippen molar-refractivity contribution in [3.05, 3.63) is 180 Å². The van der Waals surface area contributed by atoms with E-state index >= 15 is 0 Å². The molecule has 0 bridgehead atoms. The molecule has 0 amide bonds. The van der Waals surface area contributed by atoms with E-state index in [-0.39, 0.29) is 0 Å². The molecule has 0 fully saturated rings. The minimum atomic E-state index is 0.801. The Balaban J connectivity index is 1.09. The average Bonchev–Trinajstić information content (AvgIpc) is 3.82. The number of para-hydroxylation sites is 1. The predicted molar refractivity (Wildman–Crippen MR) is 227 cm³/mol. The number of rotatable bonds is 3. The lowest BCUT2D eigenvalue weighted by molar-refractivity contribution is 0.633. The van der Waals surface area contributed by atoms with Crippen LogP contribution in [0, 0.1) is 0 Å². The quantitative estimate of drug-likeness (QED) is 0.173. The minimum Gasteiger partial charge on any atom is -0.452 e. The number of benzene rings is 9. The number of aryl methyl sites for hydroxylation is 1. The lowest BCUT2D eigenvalue weighted by Gasteiger charge is -2.21. The molecule has 0 atom stereocenters. The third-order valence-corrected chi connectivity index (χ3v) is 11.7. The molecule has 11 aromatic rings. The molecule has 0 aliphatic heterocycles. The summed E-state index contributed by atoms with van der Waals surface area (Å²) in [4.78, 5) is 0. The van der Waals surface area contributed by atoms with Crippen molar-refractivity contribution < 1.29 is 8.83 Å². The summed E-state index contributed by atoms with van der Waals surface area (Å²) in [6, 6.07) is 59.4. The van der Waals surface area contributed by atoms with E-state index in [0.717, 1.165) is 56.7 Å². The van der Waals surface area contributed by atoms with Gasteiger partial charge in [0.05, 0.1) is 0 Å². The standard InChI is InChI=1S/C52H32O2/c1-2-12-31(13-3-1)32-22-23-34-29-35(25-24-33(34)28-32)47-37-14-4-6-16-39(37)48(40-17-7-5-15-38(40)47)36-26-27-46-44(30-36)50-42-19-9-8-18-41(42)49-43-20-10-11-21-45(43)53-51(49)52(50)54-46/h1-21,24-30H,22-23H2. The first-order valence-electron chi connectivity index (χ1n) is 18.8. The summed E-state index contributed by atoms with van der Waals surface area (Å²) >= 11 is 0. The van der Waals surface area contributed by atoms with Crippen LogP contribution in [-0.4, -0.2) is 0 Å². The molecule has 0 radical (unpaired) electrons. The fourth-order valence-corrected chi connectivity index (χ4v) is 9.35. The van der Waals surface area contributed by atoms with Gasteiger partial charge < -0.3 is 8.83 Å². The van der Waals surface area contributed by atoms with Crippen molar-refractivity contribution in [2.45, 2.75) is 12.8 Å². The van der Waals surface area contributed by atoms with Crippen LogP contribution in [0.25, 0.3) is 110 Å². The minimum absolute atomic E-state index is 0.801. The topological polar surface area (TPSA) is 26.3 Å². The van der Waals surface area contributed by atoms with Gasteiger partial charge >= 0.3 is 0 Å². The summed E-state index contributed by atoms with van der Waals surface area (Å²) in [7, 11) is 0. The third kappa shape index (κ3) is 4.22. The maximum atomic E-state index is 6.73. The molecule has 1 aliphatic rings. The van der Waals surface area contributed by atoms with Crippen molar-refractivity contribution >= 4 is 87.8 Å². The number of hydrogen-bond acceptors (Lipinski definition) is 2. The Kier molecular flexibility index (Phi) is 6.20. The van der Waals surface area contributed by atoms with Crippen LogP contribution in [-0.2, 0) is 6.42 Å². The molecule has 12 rings (SSSR count). The highest BCUT2D eigenvalue weighted by Crippen LogP contribution is 2.48. The van der Waals surface area contributed by atoms with Crippen molar-refractivity contribution in [3.8, 4) is 22.3 Å². The van der Waals surface area contributed by atoms with E-state index in [2.05, 4.69) is 158 Å². The monoisotopic (exact) mass is 688 g/mol. The second-order valence-corrected chi connectivity index (χ2v) is 14.7. The zero-order chi connectivity index (χ0) is 35.3. The van der Waals surface area contributed by atoms with E-state index in [1.54, 1.807) is 0 Å². The summed E-state index contributed by atoms with van der Waals surface area (Å²) in [6.07, 6.45) is 4.46. The van der Waals surface area contributed by atoms with E-state index in [1.807, 2.05) is 12.1 Å². The van der Waals surface area contributed by atoms with Gasteiger partial charge in [0.2, 0.25) is 0 Å². The molecule has 2 heteroatoms. The molecule has 9 aromatic carbocycles. The Morgan fingerprint density at radius 3 is 1.50 bits per heavy atom. The van der Waals surface area contributed by atoms with Crippen molar-refractivity contribution in [2.24, 2.45) is 0 Å². The second kappa shape index (κ2) is 11.3. The normalized spacial score (nSPS) is 13.1. The lowest BCUT2D eigenvalue weighted by atomic mass is 9.83. The summed E-state index contributed by atoms with van der Waals surface area (Å²) in [5.41, 5.74) is 13.8. The zero-order valence-electron chi connectivity index (χ0n) is 29.4. The molecule has 0 N–H and O–H groups in total. The van der Waals surface area contributed by atoms with Gasteiger partial charge in [0.25, 0.3) is 0 Å². The molecule has 0 spiro atoms. The van der Waals surface area contributed by atoms with Crippen LogP contribution >= 0.6 is 0 Å². The fourth-order valence-electron chi connectivity index (χ4n) is 9.35. The Morgan fingerprint density at radius 1 is 0.352 bits per heavy atom. The van der Waals surface area contributed by atoms with Gasteiger partial charge in [-0.2, -0.15) is 0 Å². The maximum absolute atomic E-state index is 6.73. The van der Waals surface area contributed by atoms with Gasteiger partial charge in [-0.1, -0.05) is 152 Å². The molecule has 2 heterocycles. The molecule has 2 aromatic heterocycles. The van der Waals surface area contributed by atoms with Crippen molar-refractivity contribution in [3.63, 3.8) is 0 Å². The van der Waals surface area contributed by atoms with Crippen LogP contribution in [0.3, 0.4) is 0 Å². The highest BCUT2D eigenvalue weighted by atomic mass is 16.4. The lowest BCUT2D eigenvalue weighted by Crippen LogP contribution is -2.00. The van der Waals surface area contributed by atoms with Crippen LogP contribution < -0.4 is 0 Å². The van der Waals surface area contributed by atoms with Crippen LogP contribution in [0.1, 0.15) is 23.1 Å². The Hall–Kier alpha value is -6.90. The first-order valence-corrected chi connectivity index (χ1v) is 18.8. The number of fused-ring (bicyclic) bond motifs is 13. The highest BCUT2D eigenvalue weighted by Gasteiger charge is 2.23. The number of furan rings is 2. The van der Waals surface area contributed by atoms with Gasteiger partial charge in [0.15, 0.2) is 11.2 Å². The van der Waals surface area contributed by atoms with Crippen molar-refractivity contribution in [1.29, 1.82) is 0 Å². The first-order chi connectivity index (χ1) is 26.8. The van der Waals surface area contributed by atoms with E-state index < -0.39 is 0 Å². The van der Waals surface area contributed by atoms with Gasteiger partial charge in [-0.25, -0.2) is 0 Å². The first kappa shape index (κ1) is 29.7. The van der Waals surface area contributed by atoms with Gasteiger partial charge in [-0.05, 0) is 108 Å². The molecular formula is C52H32O2. The molecule has 0 saturated heterocycles. The molecule has 1 aliphatic carbocycles. The van der Waals surface area contributed by atoms with Crippen molar-refractivity contribution in [1.82, 2.24) is 0 Å². The SMILES string of the molecule is C1=C(c2ccccc2)CCc2cc(-c3c4ccccc4c(-c4ccc5oc6c7oc8ccccc8c7c7ccccc7c6c5c4)c4ccccc34)ccc21. The van der Waals surface area contributed by atoms with E-state index in [9.17, 15) is 0 Å². The zero-order valence-corrected chi connectivity index (χ0v) is 29.4.